The molecule has 0 saturated carbocycles. The zero-order valence-electron chi connectivity index (χ0n) is 12.4. The van der Waals surface area contributed by atoms with Gasteiger partial charge < -0.3 is 19.2 Å². The van der Waals surface area contributed by atoms with Crippen LogP contribution in [-0.4, -0.2) is 19.2 Å². The van der Waals surface area contributed by atoms with E-state index >= 15 is 0 Å². The molecule has 2 aromatic carbocycles. The number of furan rings is 1. The van der Waals surface area contributed by atoms with Gasteiger partial charge in [-0.2, -0.15) is 0 Å². The zero-order valence-corrected chi connectivity index (χ0v) is 13.2. The first-order valence-corrected chi connectivity index (χ1v) is 7.91. The van der Waals surface area contributed by atoms with Crippen molar-refractivity contribution in [3.8, 4) is 11.5 Å². The van der Waals surface area contributed by atoms with E-state index in [0.29, 0.717) is 23.1 Å². The average molecular weight is 330 g/mol. The van der Waals surface area contributed by atoms with Crippen LogP contribution in [0.1, 0.15) is 5.56 Å². The predicted octanol–water partition coefficient (Wildman–Crippen LogP) is 4.02. The fourth-order valence-corrected chi connectivity index (χ4v) is 2.65. The Labute approximate surface area is 138 Å². The molecule has 1 aliphatic heterocycles. The van der Waals surface area contributed by atoms with Gasteiger partial charge in [-0.1, -0.05) is 17.7 Å². The zero-order chi connectivity index (χ0) is 15.6. The molecule has 0 aliphatic carbocycles. The van der Waals surface area contributed by atoms with E-state index in [2.05, 4.69) is 11.4 Å². The third-order valence-corrected chi connectivity index (χ3v) is 4.09. The molecule has 0 spiro atoms. The highest BCUT2D eigenvalue weighted by atomic mass is 35.5. The van der Waals surface area contributed by atoms with Gasteiger partial charge in [0.25, 0.3) is 0 Å². The molecule has 4 rings (SSSR count). The first-order chi connectivity index (χ1) is 11.3. The van der Waals surface area contributed by atoms with Crippen LogP contribution in [0.15, 0.2) is 53.1 Å². The largest absolute Gasteiger partial charge is 0.485 e. The van der Waals surface area contributed by atoms with E-state index in [-0.39, 0.29) is 6.10 Å². The molecular weight excluding hydrogens is 314 g/mol. The number of halogens is 1. The fourth-order valence-electron chi connectivity index (χ4n) is 2.49. The van der Waals surface area contributed by atoms with Crippen molar-refractivity contribution in [3.05, 3.63) is 59.3 Å². The summed E-state index contributed by atoms with van der Waals surface area (Å²) >= 11 is 6.07. The summed E-state index contributed by atoms with van der Waals surface area (Å²) in [5.41, 5.74) is 1.95. The first kappa shape index (κ1) is 14.4. The van der Waals surface area contributed by atoms with Gasteiger partial charge in [0.05, 0.1) is 6.26 Å². The summed E-state index contributed by atoms with van der Waals surface area (Å²) < 4.78 is 17.2. The van der Waals surface area contributed by atoms with Gasteiger partial charge in [-0.15, -0.1) is 0 Å². The van der Waals surface area contributed by atoms with Crippen LogP contribution >= 0.6 is 11.6 Å². The molecule has 0 unspecified atom stereocenters. The number of rotatable bonds is 5. The lowest BCUT2D eigenvalue weighted by atomic mass is 10.2. The highest BCUT2D eigenvalue weighted by molar-refractivity contribution is 6.30. The van der Waals surface area contributed by atoms with Crippen LogP contribution in [0.2, 0.25) is 5.02 Å². The van der Waals surface area contributed by atoms with E-state index in [4.69, 9.17) is 25.5 Å². The molecule has 23 heavy (non-hydrogen) atoms. The average Bonchev–Trinajstić information content (AvgIpc) is 2.97. The quantitative estimate of drug-likeness (QED) is 0.768. The second-order valence-electron chi connectivity index (χ2n) is 5.57. The molecule has 1 aliphatic rings. The third kappa shape index (κ3) is 3.14. The standard InChI is InChI=1S/C18H16ClNO3/c19-14-2-4-17(18(8-14)23-15-9-20-10-15)22-11-12-1-3-16-13(7-12)5-6-21-16/h1-8,15,20H,9-11H2. The maximum absolute atomic E-state index is 6.07. The number of fused-ring (bicyclic) bond motifs is 1. The maximum atomic E-state index is 6.07. The van der Waals surface area contributed by atoms with Crippen molar-refractivity contribution < 1.29 is 13.9 Å². The van der Waals surface area contributed by atoms with E-state index in [0.717, 1.165) is 29.6 Å². The topological polar surface area (TPSA) is 43.6 Å². The molecule has 0 amide bonds. The van der Waals surface area contributed by atoms with Crippen molar-refractivity contribution in [3.63, 3.8) is 0 Å². The van der Waals surface area contributed by atoms with Crippen molar-refractivity contribution in [1.82, 2.24) is 5.32 Å². The predicted molar refractivity (Wildman–Crippen MR) is 89.3 cm³/mol. The first-order valence-electron chi connectivity index (χ1n) is 7.54. The Kier molecular flexibility index (Phi) is 3.85. The molecular formula is C18H16ClNO3. The normalized spacial score (nSPS) is 14.7. The molecule has 0 bridgehead atoms. The summed E-state index contributed by atoms with van der Waals surface area (Å²) in [6.45, 7) is 2.16. The highest BCUT2D eigenvalue weighted by Crippen LogP contribution is 2.32. The van der Waals surface area contributed by atoms with Crippen LogP contribution in [0, 0.1) is 0 Å². The maximum Gasteiger partial charge on any atom is 0.163 e. The molecule has 5 heteroatoms. The lowest BCUT2D eigenvalue weighted by Gasteiger charge is -2.28. The van der Waals surface area contributed by atoms with E-state index < -0.39 is 0 Å². The summed E-state index contributed by atoms with van der Waals surface area (Å²) in [7, 11) is 0. The molecule has 0 atom stereocenters. The summed E-state index contributed by atoms with van der Waals surface area (Å²) in [5, 5.41) is 4.89. The summed E-state index contributed by atoms with van der Waals surface area (Å²) in [5.74, 6) is 1.39. The Morgan fingerprint density at radius 2 is 2.00 bits per heavy atom. The van der Waals surface area contributed by atoms with Crippen molar-refractivity contribution in [1.29, 1.82) is 0 Å². The SMILES string of the molecule is Clc1ccc(OCc2ccc3occc3c2)c(OC2CNC2)c1. The van der Waals surface area contributed by atoms with E-state index in [9.17, 15) is 0 Å². The van der Waals surface area contributed by atoms with Crippen LogP contribution in [-0.2, 0) is 6.61 Å². The van der Waals surface area contributed by atoms with Crippen LogP contribution in [0.5, 0.6) is 11.5 Å². The molecule has 3 aromatic rings. The minimum Gasteiger partial charge on any atom is -0.485 e. The van der Waals surface area contributed by atoms with Gasteiger partial charge >= 0.3 is 0 Å². The molecule has 4 nitrogen and oxygen atoms in total. The van der Waals surface area contributed by atoms with Gasteiger partial charge in [0.15, 0.2) is 11.5 Å². The molecule has 1 aromatic heterocycles. The van der Waals surface area contributed by atoms with Gasteiger partial charge in [0.2, 0.25) is 0 Å². The van der Waals surface area contributed by atoms with Gasteiger partial charge in [-0.05, 0) is 35.9 Å². The Hall–Kier alpha value is -2.17. The Balaban J connectivity index is 1.50. The molecule has 2 heterocycles. The molecule has 0 radical (unpaired) electrons. The minimum absolute atomic E-state index is 0.179. The van der Waals surface area contributed by atoms with E-state index in [1.165, 1.54) is 0 Å². The number of benzene rings is 2. The number of nitrogens with one attached hydrogen (secondary N) is 1. The van der Waals surface area contributed by atoms with Crippen molar-refractivity contribution in [2.45, 2.75) is 12.7 Å². The van der Waals surface area contributed by atoms with Gasteiger partial charge in [0, 0.05) is 29.6 Å². The lowest BCUT2D eigenvalue weighted by Crippen LogP contribution is -2.50. The van der Waals surface area contributed by atoms with Crippen molar-refractivity contribution >= 4 is 22.6 Å². The smallest absolute Gasteiger partial charge is 0.163 e. The van der Waals surface area contributed by atoms with Crippen molar-refractivity contribution in [2.24, 2.45) is 0 Å². The fraction of sp³-hybridized carbons (Fsp3) is 0.222. The highest BCUT2D eigenvalue weighted by Gasteiger charge is 2.20. The summed E-state index contributed by atoms with van der Waals surface area (Å²) in [6, 6.07) is 13.4. The molecule has 1 fully saturated rings. The lowest BCUT2D eigenvalue weighted by molar-refractivity contribution is 0.134. The Morgan fingerprint density at radius 1 is 1.09 bits per heavy atom. The number of hydrogen-bond donors (Lipinski definition) is 1. The summed E-state index contributed by atoms with van der Waals surface area (Å²) in [6.07, 6.45) is 1.87. The second-order valence-corrected chi connectivity index (χ2v) is 6.01. The van der Waals surface area contributed by atoms with E-state index in [1.54, 1.807) is 12.3 Å². The second kappa shape index (κ2) is 6.14. The van der Waals surface area contributed by atoms with Crippen LogP contribution in [0.3, 0.4) is 0 Å². The summed E-state index contributed by atoms with van der Waals surface area (Å²) in [4.78, 5) is 0. The van der Waals surface area contributed by atoms with Crippen LogP contribution in [0.25, 0.3) is 11.0 Å². The number of ether oxygens (including phenoxy) is 2. The third-order valence-electron chi connectivity index (χ3n) is 3.85. The molecule has 1 saturated heterocycles. The number of hydrogen-bond acceptors (Lipinski definition) is 4. The van der Waals surface area contributed by atoms with Gasteiger partial charge in [-0.3, -0.25) is 0 Å². The van der Waals surface area contributed by atoms with Crippen molar-refractivity contribution in [2.75, 3.05) is 13.1 Å². The minimum atomic E-state index is 0.179. The monoisotopic (exact) mass is 329 g/mol. The molecule has 1 N–H and O–H groups in total. The Morgan fingerprint density at radius 3 is 2.83 bits per heavy atom. The van der Waals surface area contributed by atoms with Crippen LogP contribution < -0.4 is 14.8 Å². The Bertz CT molecular complexity index is 826. The van der Waals surface area contributed by atoms with Gasteiger partial charge in [-0.25, -0.2) is 0 Å². The molecule has 118 valence electrons. The van der Waals surface area contributed by atoms with Crippen LogP contribution in [0.4, 0.5) is 0 Å². The van der Waals surface area contributed by atoms with Gasteiger partial charge in [0.1, 0.15) is 18.3 Å². The van der Waals surface area contributed by atoms with E-state index in [1.807, 2.05) is 30.3 Å².